The first-order chi connectivity index (χ1) is 16.9. The van der Waals surface area contributed by atoms with E-state index in [2.05, 4.69) is 15.6 Å². The molecule has 0 spiro atoms. The van der Waals surface area contributed by atoms with Crippen molar-refractivity contribution in [2.75, 3.05) is 30.8 Å². The highest BCUT2D eigenvalue weighted by molar-refractivity contribution is 6.30. The van der Waals surface area contributed by atoms with Crippen molar-refractivity contribution in [2.45, 2.75) is 12.8 Å². The number of nitrogens with zero attached hydrogens (tertiary/aromatic N) is 2. The number of rotatable bonds is 6. The van der Waals surface area contributed by atoms with Crippen LogP contribution in [0.4, 0.5) is 11.5 Å². The Balaban J connectivity index is 1.37. The zero-order valence-corrected chi connectivity index (χ0v) is 19.9. The lowest BCUT2D eigenvalue weighted by molar-refractivity contribution is -0.121. The fourth-order valence-corrected chi connectivity index (χ4v) is 4.02. The third kappa shape index (κ3) is 5.96. The van der Waals surface area contributed by atoms with Crippen LogP contribution in [0.2, 0.25) is 5.02 Å². The summed E-state index contributed by atoms with van der Waals surface area (Å²) in [6, 6.07) is 17.0. The minimum atomic E-state index is -0.320. The molecule has 180 valence electrons. The normalized spacial score (nSPS) is 13.7. The van der Waals surface area contributed by atoms with E-state index in [1.54, 1.807) is 72.7 Å². The first-order valence-corrected chi connectivity index (χ1v) is 11.6. The number of carbonyl (C=O) groups is 3. The number of ether oxygens (including phenoxy) is 1. The van der Waals surface area contributed by atoms with Gasteiger partial charge in [0.2, 0.25) is 5.91 Å². The molecule has 1 aliphatic heterocycles. The van der Waals surface area contributed by atoms with Crippen LogP contribution in [0.25, 0.3) is 0 Å². The topological polar surface area (TPSA) is 101 Å². The van der Waals surface area contributed by atoms with Crippen LogP contribution in [0.15, 0.2) is 66.9 Å². The summed E-state index contributed by atoms with van der Waals surface area (Å²) in [5.41, 5.74) is 1.30. The van der Waals surface area contributed by atoms with E-state index in [9.17, 15) is 14.4 Å². The third-order valence-corrected chi connectivity index (χ3v) is 6.11. The van der Waals surface area contributed by atoms with Gasteiger partial charge in [-0.3, -0.25) is 14.4 Å². The van der Waals surface area contributed by atoms with E-state index < -0.39 is 0 Å². The van der Waals surface area contributed by atoms with Gasteiger partial charge in [0.25, 0.3) is 11.8 Å². The van der Waals surface area contributed by atoms with Crippen molar-refractivity contribution in [1.29, 1.82) is 0 Å². The summed E-state index contributed by atoms with van der Waals surface area (Å²) in [6.45, 7) is 0.872. The van der Waals surface area contributed by atoms with Gasteiger partial charge < -0.3 is 20.3 Å². The number of piperidine rings is 1. The molecule has 2 N–H and O–H groups in total. The summed E-state index contributed by atoms with van der Waals surface area (Å²) in [4.78, 5) is 44.4. The molecule has 35 heavy (non-hydrogen) atoms. The number of halogens is 1. The molecule has 1 aliphatic rings. The molecule has 0 atom stereocenters. The molecule has 4 rings (SSSR count). The number of aromatic nitrogens is 1. The highest BCUT2D eigenvalue weighted by atomic mass is 35.5. The smallest absolute Gasteiger partial charge is 0.255 e. The maximum Gasteiger partial charge on any atom is 0.255 e. The van der Waals surface area contributed by atoms with Gasteiger partial charge in [-0.1, -0.05) is 23.7 Å². The van der Waals surface area contributed by atoms with Crippen molar-refractivity contribution in [3.8, 4) is 5.75 Å². The van der Waals surface area contributed by atoms with Crippen LogP contribution in [0.1, 0.15) is 33.6 Å². The molecule has 8 nitrogen and oxygen atoms in total. The average molecular weight is 493 g/mol. The number of amides is 3. The second-order valence-corrected chi connectivity index (χ2v) is 8.58. The van der Waals surface area contributed by atoms with Crippen molar-refractivity contribution in [1.82, 2.24) is 9.88 Å². The zero-order chi connectivity index (χ0) is 24.8. The van der Waals surface area contributed by atoms with Gasteiger partial charge in [0, 0.05) is 30.8 Å². The molecule has 1 fully saturated rings. The van der Waals surface area contributed by atoms with Crippen LogP contribution in [-0.2, 0) is 4.79 Å². The average Bonchev–Trinajstić information content (AvgIpc) is 2.90. The Labute approximate surface area is 208 Å². The quantitative estimate of drug-likeness (QED) is 0.528. The highest BCUT2D eigenvalue weighted by Gasteiger charge is 2.29. The van der Waals surface area contributed by atoms with Gasteiger partial charge in [-0.2, -0.15) is 0 Å². The number of benzene rings is 2. The Morgan fingerprint density at radius 3 is 2.34 bits per heavy atom. The second-order valence-electron chi connectivity index (χ2n) is 8.15. The van der Waals surface area contributed by atoms with Gasteiger partial charge in [0.1, 0.15) is 11.6 Å². The minimum Gasteiger partial charge on any atom is -0.497 e. The first-order valence-electron chi connectivity index (χ1n) is 11.2. The number of nitrogens with one attached hydrogen (secondary N) is 2. The van der Waals surface area contributed by atoms with E-state index in [1.807, 2.05) is 0 Å². The molecule has 0 unspecified atom stereocenters. The van der Waals surface area contributed by atoms with Crippen molar-refractivity contribution in [3.63, 3.8) is 0 Å². The lowest BCUT2D eigenvalue weighted by Crippen LogP contribution is -2.41. The predicted octanol–water partition coefficient (Wildman–Crippen LogP) is 4.49. The van der Waals surface area contributed by atoms with Gasteiger partial charge in [0.05, 0.1) is 23.4 Å². The maximum absolute atomic E-state index is 13.3. The van der Waals surface area contributed by atoms with E-state index in [0.29, 0.717) is 59.3 Å². The molecular weight excluding hydrogens is 468 g/mol. The van der Waals surface area contributed by atoms with Crippen molar-refractivity contribution in [2.24, 2.45) is 5.92 Å². The lowest BCUT2D eigenvalue weighted by atomic mass is 9.95. The molecule has 2 aromatic carbocycles. The summed E-state index contributed by atoms with van der Waals surface area (Å²) in [6.07, 6.45) is 2.54. The zero-order valence-electron chi connectivity index (χ0n) is 19.2. The summed E-state index contributed by atoms with van der Waals surface area (Å²) in [5.74, 6) is 0.242. The van der Waals surface area contributed by atoms with Crippen LogP contribution < -0.4 is 15.4 Å². The lowest BCUT2D eigenvalue weighted by Gasteiger charge is -2.31. The van der Waals surface area contributed by atoms with E-state index in [1.165, 1.54) is 6.20 Å². The largest absolute Gasteiger partial charge is 0.497 e. The van der Waals surface area contributed by atoms with Crippen molar-refractivity contribution in [3.05, 3.63) is 83.0 Å². The van der Waals surface area contributed by atoms with Crippen LogP contribution in [0, 0.1) is 5.92 Å². The van der Waals surface area contributed by atoms with E-state index >= 15 is 0 Å². The molecule has 2 heterocycles. The molecule has 3 aromatic rings. The Hall–Kier alpha value is -3.91. The number of hydrogen-bond acceptors (Lipinski definition) is 5. The minimum absolute atomic E-state index is 0.126. The summed E-state index contributed by atoms with van der Waals surface area (Å²) in [7, 11) is 1.56. The monoisotopic (exact) mass is 492 g/mol. The molecule has 0 bridgehead atoms. The first kappa shape index (κ1) is 24.2. The molecule has 0 radical (unpaired) electrons. The van der Waals surface area contributed by atoms with Crippen LogP contribution in [-0.4, -0.2) is 47.8 Å². The van der Waals surface area contributed by atoms with Crippen molar-refractivity contribution >= 4 is 40.8 Å². The predicted molar refractivity (Wildman–Crippen MR) is 134 cm³/mol. The van der Waals surface area contributed by atoms with Crippen LogP contribution >= 0.6 is 11.6 Å². The molecular formula is C26H25ClN4O4. The number of para-hydroxylation sites is 1. The highest BCUT2D eigenvalue weighted by Crippen LogP contribution is 2.24. The second kappa shape index (κ2) is 11.0. The molecule has 1 aromatic heterocycles. The van der Waals surface area contributed by atoms with E-state index in [-0.39, 0.29) is 23.6 Å². The van der Waals surface area contributed by atoms with Crippen LogP contribution in [0.5, 0.6) is 5.75 Å². The number of hydrogen-bond donors (Lipinski definition) is 2. The molecule has 3 amide bonds. The molecule has 0 aliphatic carbocycles. The molecule has 1 saturated heterocycles. The Morgan fingerprint density at radius 1 is 0.971 bits per heavy atom. The Kier molecular flexibility index (Phi) is 7.62. The number of likely N-dealkylation sites (tertiary alicyclic amines) is 1. The van der Waals surface area contributed by atoms with Gasteiger partial charge in [-0.15, -0.1) is 0 Å². The Bertz CT molecular complexity index is 1210. The molecule has 9 heteroatoms. The number of methoxy groups -OCH3 is 1. The van der Waals surface area contributed by atoms with Crippen molar-refractivity contribution < 1.29 is 19.1 Å². The standard InChI is InChI=1S/C26H25ClN4O4/c1-35-20-9-6-17(7-10-20)24(32)29-22-5-3-2-4-21(22)26(34)31-14-12-18(13-15-31)25(33)30-23-11-8-19(27)16-28-23/h2-11,16,18H,12-15H2,1H3,(H,29,32)(H,28,30,33). The fourth-order valence-electron chi connectivity index (χ4n) is 3.91. The summed E-state index contributed by atoms with van der Waals surface area (Å²) in [5, 5.41) is 6.13. The van der Waals surface area contributed by atoms with Crippen LogP contribution in [0.3, 0.4) is 0 Å². The number of carbonyl (C=O) groups excluding carboxylic acids is 3. The molecule has 0 saturated carbocycles. The summed E-state index contributed by atoms with van der Waals surface area (Å²) >= 11 is 5.83. The van der Waals surface area contributed by atoms with E-state index in [0.717, 1.165) is 0 Å². The number of anilines is 2. The number of pyridine rings is 1. The van der Waals surface area contributed by atoms with Gasteiger partial charge in [-0.25, -0.2) is 4.98 Å². The van der Waals surface area contributed by atoms with Gasteiger partial charge in [0.15, 0.2) is 0 Å². The van der Waals surface area contributed by atoms with Gasteiger partial charge >= 0.3 is 0 Å². The van der Waals surface area contributed by atoms with Gasteiger partial charge in [-0.05, 0) is 61.4 Å². The fraction of sp³-hybridized carbons (Fsp3) is 0.231. The Morgan fingerprint density at radius 2 is 1.69 bits per heavy atom. The maximum atomic E-state index is 13.3. The SMILES string of the molecule is COc1ccc(C(=O)Nc2ccccc2C(=O)N2CCC(C(=O)Nc3ccc(Cl)cn3)CC2)cc1. The van der Waals surface area contributed by atoms with E-state index in [4.69, 9.17) is 16.3 Å². The summed E-state index contributed by atoms with van der Waals surface area (Å²) < 4.78 is 5.13. The third-order valence-electron chi connectivity index (χ3n) is 5.89.